The van der Waals surface area contributed by atoms with E-state index >= 15 is 0 Å². The van der Waals surface area contributed by atoms with E-state index in [0.29, 0.717) is 24.1 Å². The van der Waals surface area contributed by atoms with Gasteiger partial charge in [-0.3, -0.25) is 0 Å². The van der Waals surface area contributed by atoms with E-state index in [1.807, 2.05) is 0 Å². The molecule has 0 bridgehead atoms. The van der Waals surface area contributed by atoms with E-state index in [2.05, 4.69) is 10.0 Å². The Bertz CT molecular complexity index is 339. The van der Waals surface area contributed by atoms with Crippen LogP contribution >= 0.6 is 12.4 Å². The molecule has 2 rings (SSSR count). The lowest BCUT2D eigenvalue weighted by molar-refractivity contribution is 0.307. The fourth-order valence-corrected chi connectivity index (χ4v) is 3.98. The zero-order valence-corrected chi connectivity index (χ0v) is 13.2. The first-order chi connectivity index (χ1) is 8.66. The number of piperidine rings is 1. The molecule has 1 unspecified atom stereocenters. The molecule has 1 aliphatic heterocycles. The minimum atomic E-state index is -3.02. The van der Waals surface area contributed by atoms with Crippen LogP contribution in [0.1, 0.15) is 44.9 Å². The van der Waals surface area contributed by atoms with Crippen molar-refractivity contribution >= 4 is 22.4 Å². The van der Waals surface area contributed by atoms with Crippen LogP contribution in [0.4, 0.5) is 0 Å². The van der Waals surface area contributed by atoms with Crippen molar-refractivity contribution in [1.82, 2.24) is 10.0 Å². The zero-order valence-electron chi connectivity index (χ0n) is 11.6. The van der Waals surface area contributed by atoms with Gasteiger partial charge in [0.2, 0.25) is 10.0 Å². The fourth-order valence-electron chi connectivity index (χ4n) is 2.76. The fraction of sp³-hybridized carbons (Fsp3) is 1.00. The van der Waals surface area contributed by atoms with Crippen molar-refractivity contribution in [3.05, 3.63) is 0 Å². The first kappa shape index (κ1) is 17.2. The molecule has 114 valence electrons. The quantitative estimate of drug-likeness (QED) is 0.755. The normalized spacial score (nSPS) is 24.5. The first-order valence-electron chi connectivity index (χ1n) is 7.34. The molecular weight excluding hydrogens is 284 g/mol. The van der Waals surface area contributed by atoms with Crippen molar-refractivity contribution in [1.29, 1.82) is 0 Å². The van der Waals surface area contributed by atoms with Crippen LogP contribution in [-0.2, 0) is 10.0 Å². The van der Waals surface area contributed by atoms with Gasteiger partial charge >= 0.3 is 0 Å². The van der Waals surface area contributed by atoms with E-state index in [0.717, 1.165) is 25.9 Å². The molecular formula is C13H27ClN2O2S. The molecule has 0 aromatic rings. The number of sulfonamides is 1. The number of nitrogens with one attached hydrogen (secondary N) is 2. The predicted molar refractivity (Wildman–Crippen MR) is 81.2 cm³/mol. The van der Waals surface area contributed by atoms with Crippen LogP contribution in [0.2, 0.25) is 0 Å². The number of hydrogen-bond acceptors (Lipinski definition) is 3. The Kier molecular flexibility index (Phi) is 7.65. The maximum Gasteiger partial charge on any atom is 0.211 e. The van der Waals surface area contributed by atoms with Crippen LogP contribution in [0.3, 0.4) is 0 Å². The van der Waals surface area contributed by atoms with Crippen LogP contribution in [0, 0.1) is 11.8 Å². The standard InChI is InChI=1S/C13H26N2O2S.ClH/c16-18(17,10-7-12-3-1-4-12)15-9-6-13-5-2-8-14-11-13;/h12-15H,1-11H2;1H. The zero-order chi connectivity index (χ0) is 12.8. The second-order valence-electron chi connectivity index (χ2n) is 5.80. The molecule has 0 aromatic carbocycles. The van der Waals surface area contributed by atoms with Gasteiger partial charge in [0.05, 0.1) is 5.75 Å². The summed E-state index contributed by atoms with van der Waals surface area (Å²) in [5, 5.41) is 3.36. The Morgan fingerprint density at radius 2 is 1.79 bits per heavy atom. The van der Waals surface area contributed by atoms with Gasteiger partial charge in [-0.1, -0.05) is 19.3 Å². The molecule has 1 heterocycles. The van der Waals surface area contributed by atoms with Crippen LogP contribution in [0.5, 0.6) is 0 Å². The minimum absolute atomic E-state index is 0. The Morgan fingerprint density at radius 3 is 2.37 bits per heavy atom. The number of halogens is 1. The minimum Gasteiger partial charge on any atom is -0.316 e. The molecule has 4 nitrogen and oxygen atoms in total. The largest absolute Gasteiger partial charge is 0.316 e. The van der Waals surface area contributed by atoms with Gasteiger partial charge < -0.3 is 5.32 Å². The molecule has 0 amide bonds. The van der Waals surface area contributed by atoms with E-state index in [4.69, 9.17) is 0 Å². The van der Waals surface area contributed by atoms with E-state index in [-0.39, 0.29) is 12.4 Å². The molecule has 0 spiro atoms. The highest BCUT2D eigenvalue weighted by atomic mass is 35.5. The highest BCUT2D eigenvalue weighted by molar-refractivity contribution is 7.89. The van der Waals surface area contributed by atoms with E-state index in [1.165, 1.54) is 32.1 Å². The van der Waals surface area contributed by atoms with Gasteiger partial charge in [-0.2, -0.15) is 0 Å². The number of rotatable bonds is 7. The molecule has 0 aromatic heterocycles. The topological polar surface area (TPSA) is 58.2 Å². The second-order valence-corrected chi connectivity index (χ2v) is 7.73. The van der Waals surface area contributed by atoms with E-state index in [1.54, 1.807) is 0 Å². The van der Waals surface area contributed by atoms with Gasteiger partial charge in [0, 0.05) is 6.54 Å². The predicted octanol–water partition coefficient (Wildman–Crippen LogP) is 1.91. The van der Waals surface area contributed by atoms with Gasteiger partial charge in [-0.05, 0) is 50.6 Å². The van der Waals surface area contributed by atoms with E-state index < -0.39 is 10.0 Å². The summed E-state index contributed by atoms with van der Waals surface area (Å²) in [4.78, 5) is 0. The second kappa shape index (κ2) is 8.45. The summed E-state index contributed by atoms with van der Waals surface area (Å²) in [5.41, 5.74) is 0. The lowest BCUT2D eigenvalue weighted by Crippen LogP contribution is -2.34. The molecule has 2 N–H and O–H groups in total. The molecule has 1 atom stereocenters. The van der Waals surface area contributed by atoms with Crippen LogP contribution in [0.25, 0.3) is 0 Å². The molecule has 1 aliphatic carbocycles. The van der Waals surface area contributed by atoms with Crippen molar-refractivity contribution in [3.8, 4) is 0 Å². The van der Waals surface area contributed by atoms with Gasteiger partial charge in [0.1, 0.15) is 0 Å². The van der Waals surface area contributed by atoms with Crippen molar-refractivity contribution in [2.24, 2.45) is 11.8 Å². The molecule has 1 saturated heterocycles. The highest BCUT2D eigenvalue weighted by Gasteiger charge is 2.21. The van der Waals surface area contributed by atoms with E-state index in [9.17, 15) is 8.42 Å². The highest BCUT2D eigenvalue weighted by Crippen LogP contribution is 2.29. The summed E-state index contributed by atoms with van der Waals surface area (Å²) in [6.07, 6.45) is 8.01. The van der Waals surface area contributed by atoms with Gasteiger partial charge in [-0.25, -0.2) is 13.1 Å². The molecule has 1 saturated carbocycles. The van der Waals surface area contributed by atoms with Crippen LogP contribution in [-0.4, -0.2) is 33.8 Å². The number of hydrogen-bond donors (Lipinski definition) is 2. The lowest BCUT2D eigenvalue weighted by atomic mass is 9.84. The van der Waals surface area contributed by atoms with Gasteiger partial charge in [0.25, 0.3) is 0 Å². The maximum absolute atomic E-state index is 11.8. The van der Waals surface area contributed by atoms with Crippen molar-refractivity contribution in [2.45, 2.75) is 44.9 Å². The Hall–Kier alpha value is 0.160. The molecule has 19 heavy (non-hydrogen) atoms. The molecule has 2 fully saturated rings. The van der Waals surface area contributed by atoms with Crippen LogP contribution in [0.15, 0.2) is 0 Å². The third-order valence-electron chi connectivity index (χ3n) is 4.29. The molecule has 0 radical (unpaired) electrons. The average Bonchev–Trinajstić information content (AvgIpc) is 2.28. The summed E-state index contributed by atoms with van der Waals surface area (Å²) in [7, 11) is -3.02. The monoisotopic (exact) mass is 310 g/mol. The van der Waals surface area contributed by atoms with Crippen molar-refractivity contribution in [3.63, 3.8) is 0 Å². The molecule has 6 heteroatoms. The maximum atomic E-state index is 11.8. The van der Waals surface area contributed by atoms with Gasteiger partial charge in [0.15, 0.2) is 0 Å². The summed E-state index contributed by atoms with van der Waals surface area (Å²) < 4.78 is 26.3. The SMILES string of the molecule is Cl.O=S(=O)(CCC1CCC1)NCCC1CCCNC1. The summed E-state index contributed by atoms with van der Waals surface area (Å²) in [6.45, 7) is 2.77. The summed E-state index contributed by atoms with van der Waals surface area (Å²) in [6, 6.07) is 0. The van der Waals surface area contributed by atoms with Crippen molar-refractivity contribution in [2.75, 3.05) is 25.4 Å². The Labute approximate surface area is 123 Å². The molecule has 2 aliphatic rings. The smallest absolute Gasteiger partial charge is 0.211 e. The Balaban J connectivity index is 0.00000180. The summed E-state index contributed by atoms with van der Waals surface area (Å²) in [5.74, 6) is 1.64. The third kappa shape index (κ3) is 6.43. The van der Waals surface area contributed by atoms with Crippen molar-refractivity contribution < 1.29 is 8.42 Å². The summed E-state index contributed by atoms with van der Waals surface area (Å²) >= 11 is 0. The lowest BCUT2D eigenvalue weighted by Gasteiger charge is -2.25. The van der Waals surface area contributed by atoms with Crippen LogP contribution < -0.4 is 10.0 Å². The Morgan fingerprint density at radius 1 is 1.05 bits per heavy atom. The van der Waals surface area contributed by atoms with Gasteiger partial charge in [-0.15, -0.1) is 12.4 Å². The first-order valence-corrected chi connectivity index (χ1v) is 8.99. The third-order valence-corrected chi connectivity index (χ3v) is 5.71. The average molecular weight is 311 g/mol.